The van der Waals surface area contributed by atoms with Crippen LogP contribution in [0.5, 0.6) is 0 Å². The van der Waals surface area contributed by atoms with E-state index in [0.29, 0.717) is 31.3 Å². The summed E-state index contributed by atoms with van der Waals surface area (Å²) < 4.78 is 10.2. The van der Waals surface area contributed by atoms with Crippen LogP contribution in [0.2, 0.25) is 0 Å². The molecular formula is C17H21N3O3. The maximum atomic E-state index is 12.7. The van der Waals surface area contributed by atoms with Gasteiger partial charge in [-0.2, -0.15) is 4.98 Å². The van der Waals surface area contributed by atoms with Gasteiger partial charge in [0.25, 0.3) is 0 Å². The number of hydrogen-bond donors (Lipinski definition) is 0. The van der Waals surface area contributed by atoms with Crippen molar-refractivity contribution >= 4 is 5.91 Å². The summed E-state index contributed by atoms with van der Waals surface area (Å²) in [6, 6.07) is 8.16. The predicted molar refractivity (Wildman–Crippen MR) is 83.9 cm³/mol. The summed E-state index contributed by atoms with van der Waals surface area (Å²) in [5, 5.41) is 3.90. The van der Waals surface area contributed by atoms with E-state index in [2.05, 4.69) is 16.2 Å². The van der Waals surface area contributed by atoms with Gasteiger partial charge < -0.3 is 14.2 Å². The number of methoxy groups -OCH3 is 1. The number of aryl methyl sites for hydroxylation is 1. The van der Waals surface area contributed by atoms with Crippen LogP contribution in [-0.2, 0) is 28.9 Å². The number of hydrogen-bond acceptors (Lipinski definition) is 5. The molecule has 0 bridgehead atoms. The number of carbonyl (C=O) groups excluding carboxylic acids is 1. The van der Waals surface area contributed by atoms with Crippen molar-refractivity contribution < 1.29 is 14.1 Å². The molecule has 122 valence electrons. The fourth-order valence-electron chi connectivity index (χ4n) is 3.01. The first kappa shape index (κ1) is 15.7. The van der Waals surface area contributed by atoms with Gasteiger partial charge >= 0.3 is 0 Å². The normalized spacial score (nSPS) is 16.3. The molecule has 1 aliphatic carbocycles. The van der Waals surface area contributed by atoms with Crippen LogP contribution in [0.4, 0.5) is 0 Å². The Kier molecular flexibility index (Phi) is 4.71. The van der Waals surface area contributed by atoms with Crippen LogP contribution in [0.1, 0.15) is 35.2 Å². The first-order chi connectivity index (χ1) is 11.2. The molecule has 1 aromatic carbocycles. The number of carbonyl (C=O) groups is 1. The summed E-state index contributed by atoms with van der Waals surface area (Å²) in [5.74, 6) is 1.10. The van der Waals surface area contributed by atoms with Gasteiger partial charge in [0.2, 0.25) is 11.8 Å². The van der Waals surface area contributed by atoms with Crippen molar-refractivity contribution in [2.45, 2.75) is 31.7 Å². The highest BCUT2D eigenvalue weighted by Crippen LogP contribution is 2.34. The Morgan fingerprint density at radius 2 is 2.26 bits per heavy atom. The first-order valence-corrected chi connectivity index (χ1v) is 7.82. The van der Waals surface area contributed by atoms with E-state index in [0.717, 1.165) is 18.4 Å². The van der Waals surface area contributed by atoms with Crippen LogP contribution in [0.25, 0.3) is 0 Å². The van der Waals surface area contributed by atoms with E-state index in [1.807, 2.05) is 18.2 Å². The Morgan fingerprint density at radius 3 is 3.09 bits per heavy atom. The molecule has 1 amide bonds. The Bertz CT molecular complexity index is 683. The number of nitrogens with zero attached hydrogens (tertiary/aromatic N) is 3. The summed E-state index contributed by atoms with van der Waals surface area (Å²) >= 11 is 0. The van der Waals surface area contributed by atoms with Crippen LogP contribution in [0.3, 0.4) is 0 Å². The number of likely N-dealkylation sites (N-methyl/N-ethyl adjacent to an activating group) is 1. The monoisotopic (exact) mass is 315 g/mol. The number of fused-ring (bicyclic) bond motifs is 1. The average molecular weight is 315 g/mol. The van der Waals surface area contributed by atoms with Crippen LogP contribution in [0.15, 0.2) is 28.8 Å². The molecule has 0 fully saturated rings. The molecule has 6 nitrogen and oxygen atoms in total. The van der Waals surface area contributed by atoms with Crippen molar-refractivity contribution in [3.05, 3.63) is 47.1 Å². The first-order valence-electron chi connectivity index (χ1n) is 7.82. The summed E-state index contributed by atoms with van der Waals surface area (Å²) in [6.45, 7) is 0.879. The van der Waals surface area contributed by atoms with Crippen LogP contribution >= 0.6 is 0 Å². The molecule has 0 spiro atoms. The minimum absolute atomic E-state index is 0.0629. The smallest absolute Gasteiger partial charge is 0.246 e. The summed E-state index contributed by atoms with van der Waals surface area (Å²) in [5.41, 5.74) is 2.43. The van der Waals surface area contributed by atoms with Crippen LogP contribution in [-0.4, -0.2) is 41.7 Å². The average Bonchev–Trinajstić information content (AvgIpc) is 3.18. The lowest BCUT2D eigenvalue weighted by atomic mass is 10.00. The van der Waals surface area contributed by atoms with E-state index in [4.69, 9.17) is 9.26 Å². The Morgan fingerprint density at radius 1 is 1.43 bits per heavy atom. The predicted octanol–water partition coefficient (Wildman–Crippen LogP) is 1.95. The van der Waals surface area contributed by atoms with E-state index in [1.165, 1.54) is 5.56 Å². The van der Waals surface area contributed by atoms with Crippen LogP contribution in [0, 0.1) is 0 Å². The molecule has 0 radical (unpaired) electrons. The Labute approximate surface area is 135 Å². The molecule has 3 rings (SSSR count). The Balaban J connectivity index is 1.63. The molecule has 1 atom stereocenters. The largest absolute Gasteiger partial charge is 0.384 e. The number of ether oxygens (including phenoxy) is 1. The molecule has 1 aliphatic rings. The molecule has 2 aromatic rings. The number of benzene rings is 1. The molecule has 0 aliphatic heterocycles. The molecule has 6 heteroatoms. The third-order valence-corrected chi connectivity index (χ3v) is 4.22. The zero-order chi connectivity index (χ0) is 16.2. The van der Waals surface area contributed by atoms with Crippen molar-refractivity contribution in [2.75, 3.05) is 20.8 Å². The Hall–Kier alpha value is -2.21. The zero-order valence-corrected chi connectivity index (χ0v) is 13.5. The molecule has 0 saturated heterocycles. The standard InChI is InChI=1S/C17H21N3O3/c1-20(11-16-18-15(19-23-16)9-10-22-2)17(21)14-8-7-12-5-3-4-6-13(12)14/h3-6,14H,7-11H2,1-2H3. The lowest BCUT2D eigenvalue weighted by Crippen LogP contribution is -2.30. The molecule has 23 heavy (non-hydrogen) atoms. The topological polar surface area (TPSA) is 68.5 Å². The summed E-state index contributed by atoms with van der Waals surface area (Å²) in [7, 11) is 3.41. The van der Waals surface area contributed by atoms with Gasteiger partial charge in [-0.05, 0) is 24.0 Å². The number of rotatable bonds is 6. The second kappa shape index (κ2) is 6.91. The van der Waals surface area contributed by atoms with E-state index < -0.39 is 0 Å². The van der Waals surface area contributed by atoms with Crippen molar-refractivity contribution in [3.8, 4) is 0 Å². The lowest BCUT2D eigenvalue weighted by Gasteiger charge is -2.20. The van der Waals surface area contributed by atoms with Crippen LogP contribution < -0.4 is 0 Å². The van der Waals surface area contributed by atoms with Crippen molar-refractivity contribution in [1.29, 1.82) is 0 Å². The fourth-order valence-corrected chi connectivity index (χ4v) is 3.01. The second-order valence-electron chi connectivity index (χ2n) is 5.83. The van der Waals surface area contributed by atoms with E-state index in [1.54, 1.807) is 19.1 Å². The summed E-state index contributed by atoms with van der Waals surface area (Å²) in [6.07, 6.45) is 2.43. The van der Waals surface area contributed by atoms with Gasteiger partial charge in [0.1, 0.15) is 0 Å². The van der Waals surface area contributed by atoms with Gasteiger partial charge in [0, 0.05) is 20.6 Å². The SMILES string of the molecule is COCCc1noc(CN(C)C(=O)C2CCc3ccccc32)n1. The van der Waals surface area contributed by atoms with Gasteiger partial charge in [-0.3, -0.25) is 4.79 Å². The fraction of sp³-hybridized carbons (Fsp3) is 0.471. The molecule has 1 unspecified atom stereocenters. The number of aromatic nitrogens is 2. The highest BCUT2D eigenvalue weighted by atomic mass is 16.5. The maximum Gasteiger partial charge on any atom is 0.246 e. The highest BCUT2D eigenvalue weighted by molar-refractivity contribution is 5.84. The molecule has 0 N–H and O–H groups in total. The molecule has 1 aromatic heterocycles. The van der Waals surface area contributed by atoms with Gasteiger partial charge in [0.05, 0.1) is 19.1 Å². The second-order valence-corrected chi connectivity index (χ2v) is 5.83. The van der Waals surface area contributed by atoms with E-state index >= 15 is 0 Å². The van der Waals surface area contributed by atoms with E-state index in [9.17, 15) is 4.79 Å². The van der Waals surface area contributed by atoms with Crippen molar-refractivity contribution in [1.82, 2.24) is 15.0 Å². The van der Waals surface area contributed by atoms with E-state index in [-0.39, 0.29) is 11.8 Å². The zero-order valence-electron chi connectivity index (χ0n) is 13.5. The number of amides is 1. The quantitative estimate of drug-likeness (QED) is 0.815. The minimum Gasteiger partial charge on any atom is -0.384 e. The summed E-state index contributed by atoms with van der Waals surface area (Å²) in [4.78, 5) is 18.7. The van der Waals surface area contributed by atoms with Gasteiger partial charge in [-0.1, -0.05) is 29.4 Å². The molecule has 1 heterocycles. The third kappa shape index (κ3) is 3.42. The van der Waals surface area contributed by atoms with Gasteiger partial charge in [-0.25, -0.2) is 0 Å². The molecule has 0 saturated carbocycles. The third-order valence-electron chi connectivity index (χ3n) is 4.22. The minimum atomic E-state index is -0.0629. The van der Waals surface area contributed by atoms with Crippen molar-refractivity contribution in [3.63, 3.8) is 0 Å². The van der Waals surface area contributed by atoms with Gasteiger partial charge in [-0.15, -0.1) is 0 Å². The molecular weight excluding hydrogens is 294 g/mol. The maximum absolute atomic E-state index is 12.7. The lowest BCUT2D eigenvalue weighted by molar-refractivity contribution is -0.132. The van der Waals surface area contributed by atoms with Gasteiger partial charge in [0.15, 0.2) is 5.82 Å². The van der Waals surface area contributed by atoms with Crippen molar-refractivity contribution in [2.24, 2.45) is 0 Å². The highest BCUT2D eigenvalue weighted by Gasteiger charge is 2.30.